The summed E-state index contributed by atoms with van der Waals surface area (Å²) in [6.45, 7) is 8.66. The maximum Gasteiger partial charge on any atom is 0.118 e. The van der Waals surface area contributed by atoms with E-state index in [0.717, 1.165) is 5.75 Å². The van der Waals surface area contributed by atoms with Gasteiger partial charge in [0, 0.05) is 23.8 Å². The molecule has 23 heavy (non-hydrogen) atoms. The number of H-pyrrole nitrogens is 2. The molecule has 0 atom stereocenters. The molecule has 0 radical (unpaired) electrons. The summed E-state index contributed by atoms with van der Waals surface area (Å²) in [4.78, 5) is 6.97. The number of hydrogen-bond donors (Lipinski definition) is 2. The highest BCUT2D eigenvalue weighted by atomic mass is 16.5. The molecular formula is C20H24N2O. The Morgan fingerprint density at radius 1 is 0.783 bits per heavy atom. The van der Waals surface area contributed by atoms with E-state index >= 15 is 0 Å². The number of aromatic amines is 2. The molecule has 120 valence electrons. The van der Waals surface area contributed by atoms with Crippen LogP contribution in [-0.4, -0.2) is 17.1 Å². The van der Waals surface area contributed by atoms with Crippen LogP contribution in [0, 0.1) is 27.7 Å². The minimum Gasteiger partial charge on any atom is -0.497 e. The molecule has 0 aliphatic heterocycles. The quantitative estimate of drug-likeness (QED) is 0.716. The Hall–Kier alpha value is -2.42. The van der Waals surface area contributed by atoms with Crippen molar-refractivity contribution in [1.82, 2.24) is 9.97 Å². The standard InChI is InChI=1S/C20H24N2O/c1-12-10-21-19(14(12)3)18(20-15(4)13(2)11-22-20)16-6-8-17(23-5)9-7-16/h6-11,18,21-22H,1-5H3. The molecule has 0 aliphatic rings. The Morgan fingerprint density at radius 3 is 1.61 bits per heavy atom. The molecule has 2 aromatic heterocycles. The van der Waals surface area contributed by atoms with Crippen molar-refractivity contribution >= 4 is 0 Å². The normalized spacial score (nSPS) is 11.2. The summed E-state index contributed by atoms with van der Waals surface area (Å²) < 4.78 is 5.30. The van der Waals surface area contributed by atoms with Crippen LogP contribution in [0.2, 0.25) is 0 Å². The van der Waals surface area contributed by atoms with Gasteiger partial charge in [0.25, 0.3) is 0 Å². The van der Waals surface area contributed by atoms with E-state index < -0.39 is 0 Å². The zero-order valence-corrected chi connectivity index (χ0v) is 14.4. The van der Waals surface area contributed by atoms with Crippen LogP contribution in [0.4, 0.5) is 0 Å². The van der Waals surface area contributed by atoms with Crippen LogP contribution < -0.4 is 4.74 Å². The highest BCUT2D eigenvalue weighted by molar-refractivity contribution is 5.48. The van der Waals surface area contributed by atoms with Gasteiger partial charge in [-0.1, -0.05) is 12.1 Å². The molecule has 3 aromatic rings. The van der Waals surface area contributed by atoms with Gasteiger partial charge in [-0.2, -0.15) is 0 Å². The van der Waals surface area contributed by atoms with Crippen molar-refractivity contribution in [2.45, 2.75) is 33.6 Å². The second kappa shape index (κ2) is 5.99. The van der Waals surface area contributed by atoms with Crippen molar-refractivity contribution in [1.29, 1.82) is 0 Å². The first kappa shape index (κ1) is 15.5. The lowest BCUT2D eigenvalue weighted by Gasteiger charge is -2.19. The maximum absolute atomic E-state index is 5.30. The van der Waals surface area contributed by atoms with Crippen molar-refractivity contribution in [3.8, 4) is 5.75 Å². The lowest BCUT2D eigenvalue weighted by Crippen LogP contribution is -2.07. The summed E-state index contributed by atoms with van der Waals surface area (Å²) in [5, 5.41) is 0. The molecule has 0 amide bonds. The van der Waals surface area contributed by atoms with Crippen LogP contribution in [0.3, 0.4) is 0 Å². The molecule has 0 aliphatic carbocycles. The minimum atomic E-state index is 0.170. The van der Waals surface area contributed by atoms with Crippen molar-refractivity contribution in [3.63, 3.8) is 0 Å². The molecule has 0 fully saturated rings. The average Bonchev–Trinajstić information content (AvgIpc) is 3.06. The number of ether oxygens (including phenoxy) is 1. The van der Waals surface area contributed by atoms with E-state index in [1.165, 1.54) is 39.2 Å². The van der Waals surface area contributed by atoms with Gasteiger partial charge in [-0.3, -0.25) is 0 Å². The summed E-state index contributed by atoms with van der Waals surface area (Å²) in [7, 11) is 1.70. The van der Waals surface area contributed by atoms with Gasteiger partial charge in [0.2, 0.25) is 0 Å². The second-order valence-corrected chi connectivity index (χ2v) is 6.23. The number of aromatic nitrogens is 2. The first-order valence-corrected chi connectivity index (χ1v) is 7.95. The van der Waals surface area contributed by atoms with E-state index in [-0.39, 0.29) is 5.92 Å². The van der Waals surface area contributed by atoms with Gasteiger partial charge in [-0.15, -0.1) is 0 Å². The lowest BCUT2D eigenvalue weighted by molar-refractivity contribution is 0.414. The first-order valence-electron chi connectivity index (χ1n) is 7.95. The number of hydrogen-bond acceptors (Lipinski definition) is 1. The fraction of sp³-hybridized carbons (Fsp3) is 0.300. The van der Waals surface area contributed by atoms with Crippen LogP contribution in [-0.2, 0) is 0 Å². The van der Waals surface area contributed by atoms with Crippen LogP contribution >= 0.6 is 0 Å². The second-order valence-electron chi connectivity index (χ2n) is 6.23. The molecule has 0 unspecified atom stereocenters. The Bertz CT molecular complexity index is 763. The fourth-order valence-corrected chi connectivity index (χ4v) is 3.10. The third kappa shape index (κ3) is 2.67. The monoisotopic (exact) mass is 308 g/mol. The molecule has 0 bridgehead atoms. The molecule has 3 rings (SSSR count). The smallest absolute Gasteiger partial charge is 0.118 e. The number of rotatable bonds is 4. The van der Waals surface area contributed by atoms with E-state index in [1.54, 1.807) is 7.11 Å². The Morgan fingerprint density at radius 2 is 1.26 bits per heavy atom. The highest BCUT2D eigenvalue weighted by Crippen LogP contribution is 2.36. The largest absolute Gasteiger partial charge is 0.497 e. The number of methoxy groups -OCH3 is 1. The number of nitrogens with one attached hydrogen (secondary N) is 2. The summed E-state index contributed by atoms with van der Waals surface area (Å²) in [6.07, 6.45) is 4.18. The molecule has 2 heterocycles. The molecule has 0 saturated carbocycles. The van der Waals surface area contributed by atoms with Crippen molar-refractivity contribution in [3.05, 3.63) is 75.9 Å². The van der Waals surface area contributed by atoms with E-state index in [2.05, 4.69) is 62.2 Å². The third-order valence-electron chi connectivity index (χ3n) is 4.91. The van der Waals surface area contributed by atoms with E-state index in [4.69, 9.17) is 4.74 Å². The van der Waals surface area contributed by atoms with Crippen molar-refractivity contribution in [2.24, 2.45) is 0 Å². The summed E-state index contributed by atoms with van der Waals surface area (Å²) in [6, 6.07) is 8.35. The van der Waals surface area contributed by atoms with Gasteiger partial charge in [0.15, 0.2) is 0 Å². The van der Waals surface area contributed by atoms with Crippen LogP contribution in [0.15, 0.2) is 36.7 Å². The topological polar surface area (TPSA) is 40.8 Å². The van der Waals surface area contributed by atoms with Gasteiger partial charge in [0.05, 0.1) is 13.0 Å². The SMILES string of the molecule is COc1ccc(C(c2[nH]cc(C)c2C)c2[nH]cc(C)c2C)cc1. The molecule has 0 spiro atoms. The molecule has 0 saturated heterocycles. The first-order chi connectivity index (χ1) is 11.0. The van der Waals surface area contributed by atoms with Crippen LogP contribution in [0.25, 0.3) is 0 Å². The van der Waals surface area contributed by atoms with Gasteiger partial charge in [-0.05, 0) is 67.6 Å². The summed E-state index contributed by atoms with van der Waals surface area (Å²) in [5.74, 6) is 1.05. The molecule has 3 heteroatoms. The van der Waals surface area contributed by atoms with Crippen LogP contribution in [0.5, 0.6) is 5.75 Å². The van der Waals surface area contributed by atoms with Crippen molar-refractivity contribution in [2.75, 3.05) is 7.11 Å². The van der Waals surface area contributed by atoms with Gasteiger partial charge in [0.1, 0.15) is 5.75 Å². The van der Waals surface area contributed by atoms with Gasteiger partial charge in [-0.25, -0.2) is 0 Å². The van der Waals surface area contributed by atoms with E-state index in [9.17, 15) is 0 Å². The predicted molar refractivity (Wildman–Crippen MR) is 94.5 cm³/mol. The Labute approximate surface area is 137 Å². The zero-order chi connectivity index (χ0) is 16.6. The average molecular weight is 308 g/mol. The summed E-state index contributed by atoms with van der Waals surface area (Å²) >= 11 is 0. The summed E-state index contributed by atoms with van der Waals surface area (Å²) in [5.41, 5.74) is 8.96. The highest BCUT2D eigenvalue weighted by Gasteiger charge is 2.24. The Balaban J connectivity index is 2.17. The minimum absolute atomic E-state index is 0.170. The van der Waals surface area contributed by atoms with E-state index in [0.29, 0.717) is 0 Å². The molecule has 3 nitrogen and oxygen atoms in total. The molecular weight excluding hydrogens is 284 g/mol. The molecule has 2 N–H and O–H groups in total. The lowest BCUT2D eigenvalue weighted by atomic mass is 9.88. The Kier molecular flexibility index (Phi) is 4.03. The number of aryl methyl sites for hydroxylation is 2. The van der Waals surface area contributed by atoms with E-state index in [1.807, 2.05) is 12.1 Å². The van der Waals surface area contributed by atoms with Crippen LogP contribution in [0.1, 0.15) is 45.1 Å². The zero-order valence-electron chi connectivity index (χ0n) is 14.4. The van der Waals surface area contributed by atoms with Crippen molar-refractivity contribution < 1.29 is 4.74 Å². The molecule has 1 aromatic carbocycles. The maximum atomic E-state index is 5.30. The van der Waals surface area contributed by atoms with Gasteiger partial charge >= 0.3 is 0 Å². The number of benzene rings is 1. The predicted octanol–water partition coefficient (Wildman–Crippen LogP) is 4.77. The fourth-order valence-electron chi connectivity index (χ4n) is 3.10. The third-order valence-corrected chi connectivity index (χ3v) is 4.91. The van der Waals surface area contributed by atoms with Gasteiger partial charge < -0.3 is 14.7 Å².